The van der Waals surface area contributed by atoms with Gasteiger partial charge in [0.2, 0.25) is 6.41 Å². The second-order valence-electron chi connectivity index (χ2n) is 9.71. The quantitative estimate of drug-likeness (QED) is 0.108. The number of allylic oxidation sites excluding steroid dienone is 8. The average molecular weight is 641 g/mol. The van der Waals surface area contributed by atoms with Crippen LogP contribution in [0.15, 0.2) is 54.3 Å². The van der Waals surface area contributed by atoms with Gasteiger partial charge in [-0.15, -0.1) is 12.3 Å². The number of aromatic nitrogens is 2. The third kappa shape index (κ3) is 17.5. The first-order valence-electron chi connectivity index (χ1n) is 15.5. The number of amides is 1. The Bertz CT molecular complexity index is 1190. The summed E-state index contributed by atoms with van der Waals surface area (Å²) < 4.78 is 6.23. The molecule has 1 fully saturated rings. The van der Waals surface area contributed by atoms with Crippen LogP contribution in [-0.4, -0.2) is 83.1 Å². The molecule has 1 saturated heterocycles. The first kappa shape index (κ1) is 46.4. The lowest BCUT2D eigenvalue weighted by Gasteiger charge is -2.33. The van der Waals surface area contributed by atoms with Crippen LogP contribution in [0.5, 0.6) is 0 Å². The van der Waals surface area contributed by atoms with Crippen LogP contribution in [-0.2, 0) is 20.9 Å². The van der Waals surface area contributed by atoms with Crippen molar-refractivity contribution < 1.29 is 24.5 Å². The minimum absolute atomic E-state index is 0.236. The van der Waals surface area contributed by atoms with Crippen molar-refractivity contribution in [2.45, 2.75) is 74.8 Å². The van der Waals surface area contributed by atoms with E-state index >= 15 is 0 Å². The van der Waals surface area contributed by atoms with Crippen molar-refractivity contribution in [1.29, 1.82) is 0 Å². The fraction of sp³-hybridized carbons (Fsp3) is 0.486. The van der Waals surface area contributed by atoms with E-state index in [1.807, 2.05) is 64.5 Å². The number of hydrogen-bond donors (Lipinski definition) is 2. The van der Waals surface area contributed by atoms with Crippen molar-refractivity contribution in [3.05, 3.63) is 71.3 Å². The minimum Gasteiger partial charge on any atom is -0.478 e. The van der Waals surface area contributed by atoms with Gasteiger partial charge in [-0.2, -0.15) is 5.10 Å². The number of nitrogens with zero attached hydrogens (tertiary/aromatic N) is 4. The molecule has 1 aliphatic heterocycles. The number of carbonyl (C=O) groups is 2. The standard InChI is InChI=1S/C29H40N4O3.C3H4.C2H6O.C2H6.CH4O/c1-7-11-25(9-3)33-28(12-8-2)26(10-4)27(30-33)20-31-17-15-24(16-18-31)19-32(21-34)23(6)14-13-22(5)29(35)36;2*1-3-2;2*1-2/h7-14,21,24H,4,15-20H2,1-3,5-6H3,(H,35,36);1H,2H3;1-2H3;1-2H3;2H,1H3/b11-7-,12-8-,22-13+,23-14+,25-9+;;;;. The summed E-state index contributed by atoms with van der Waals surface area (Å²) in [5, 5.41) is 21.0. The van der Waals surface area contributed by atoms with Crippen LogP contribution < -0.4 is 0 Å². The second-order valence-corrected chi connectivity index (χ2v) is 9.71. The van der Waals surface area contributed by atoms with E-state index in [2.05, 4.69) is 46.8 Å². The molecule has 0 aromatic carbocycles. The molecule has 1 aromatic heterocycles. The fourth-order valence-corrected chi connectivity index (χ4v) is 4.30. The van der Waals surface area contributed by atoms with E-state index in [0.29, 0.717) is 12.5 Å². The van der Waals surface area contributed by atoms with Crippen LogP contribution in [0.4, 0.5) is 0 Å². The maximum atomic E-state index is 11.7. The number of terminal acetylenes is 1. The highest BCUT2D eigenvalue weighted by Crippen LogP contribution is 2.26. The number of likely N-dealkylation sites (tertiary alicyclic amines) is 1. The Morgan fingerprint density at radius 2 is 1.67 bits per heavy atom. The molecule has 46 heavy (non-hydrogen) atoms. The largest absolute Gasteiger partial charge is 0.478 e. The molecular formula is C37H60N4O5. The molecule has 258 valence electrons. The number of carboxylic acids is 1. The number of carbonyl (C=O) groups excluding carboxylic acids is 1. The van der Waals surface area contributed by atoms with Gasteiger partial charge in [-0.3, -0.25) is 9.69 Å². The third-order valence-corrected chi connectivity index (χ3v) is 6.47. The molecule has 2 heterocycles. The smallest absolute Gasteiger partial charge is 0.331 e. The molecule has 0 radical (unpaired) electrons. The zero-order valence-corrected chi connectivity index (χ0v) is 30.2. The molecule has 2 N–H and O–H groups in total. The number of carboxylic acid groups (broad SMARTS) is 1. The van der Waals surface area contributed by atoms with E-state index in [1.54, 1.807) is 32.1 Å². The first-order valence-corrected chi connectivity index (χ1v) is 15.5. The minimum atomic E-state index is -0.963. The summed E-state index contributed by atoms with van der Waals surface area (Å²) in [6, 6.07) is 0. The molecule has 1 aliphatic rings. The van der Waals surface area contributed by atoms with Gasteiger partial charge >= 0.3 is 5.97 Å². The highest BCUT2D eigenvalue weighted by Gasteiger charge is 2.24. The molecular weight excluding hydrogens is 580 g/mol. The highest BCUT2D eigenvalue weighted by atomic mass is 16.4. The highest BCUT2D eigenvalue weighted by molar-refractivity contribution is 5.86. The van der Waals surface area contributed by atoms with Gasteiger partial charge in [0.05, 0.1) is 17.1 Å². The number of ether oxygens (including phenoxy) is 1. The zero-order valence-electron chi connectivity index (χ0n) is 30.2. The number of piperidine rings is 1. The van der Waals surface area contributed by atoms with Crippen molar-refractivity contribution in [3.63, 3.8) is 0 Å². The van der Waals surface area contributed by atoms with E-state index < -0.39 is 5.97 Å². The van der Waals surface area contributed by atoms with Gasteiger partial charge in [-0.1, -0.05) is 50.8 Å². The number of hydrogen-bond acceptors (Lipinski definition) is 6. The van der Waals surface area contributed by atoms with Crippen LogP contribution in [0.1, 0.15) is 85.2 Å². The van der Waals surface area contributed by atoms with Crippen molar-refractivity contribution in [2.24, 2.45) is 5.92 Å². The molecule has 9 heteroatoms. The van der Waals surface area contributed by atoms with Gasteiger partial charge < -0.3 is 19.8 Å². The first-order chi connectivity index (χ1) is 22.1. The van der Waals surface area contributed by atoms with Crippen LogP contribution in [0.25, 0.3) is 17.8 Å². The number of aliphatic hydroxyl groups excluding tert-OH is 1. The topological polar surface area (TPSA) is 108 Å². The summed E-state index contributed by atoms with van der Waals surface area (Å²) in [7, 11) is 4.25. The molecule has 9 nitrogen and oxygen atoms in total. The summed E-state index contributed by atoms with van der Waals surface area (Å²) in [4.78, 5) is 26.8. The Hall–Kier alpha value is -3.97. The summed E-state index contributed by atoms with van der Waals surface area (Å²) in [6.45, 7) is 22.3. The van der Waals surface area contributed by atoms with Gasteiger partial charge in [-0.25, -0.2) is 9.48 Å². The van der Waals surface area contributed by atoms with E-state index in [4.69, 9.17) is 15.3 Å². The Morgan fingerprint density at radius 3 is 2.09 bits per heavy atom. The fourth-order valence-electron chi connectivity index (χ4n) is 4.30. The summed E-state index contributed by atoms with van der Waals surface area (Å²) in [5.74, 6) is 1.67. The van der Waals surface area contributed by atoms with Crippen molar-refractivity contribution in [3.8, 4) is 12.3 Å². The van der Waals surface area contributed by atoms with Gasteiger partial charge in [0.15, 0.2) is 0 Å². The average Bonchev–Trinajstić information content (AvgIpc) is 3.40. The number of aliphatic hydroxyl groups is 1. The normalized spacial score (nSPS) is 13.9. The molecule has 0 atom stereocenters. The predicted molar refractivity (Wildman–Crippen MR) is 195 cm³/mol. The third-order valence-electron chi connectivity index (χ3n) is 6.47. The Kier molecular flexibility index (Phi) is 30.0. The van der Waals surface area contributed by atoms with E-state index in [1.165, 1.54) is 13.0 Å². The van der Waals surface area contributed by atoms with Crippen LogP contribution in [0, 0.1) is 18.3 Å². The predicted octanol–water partition coefficient (Wildman–Crippen LogP) is 7.14. The summed E-state index contributed by atoms with van der Waals surface area (Å²) in [6.07, 6.45) is 22.7. The number of aliphatic carboxylic acids is 1. The molecule has 2 rings (SSSR count). The van der Waals surface area contributed by atoms with Gasteiger partial charge in [0.1, 0.15) is 0 Å². The van der Waals surface area contributed by atoms with Crippen molar-refractivity contribution in [1.82, 2.24) is 19.6 Å². The van der Waals surface area contributed by atoms with E-state index in [-0.39, 0.29) is 5.57 Å². The monoisotopic (exact) mass is 640 g/mol. The van der Waals surface area contributed by atoms with E-state index in [0.717, 1.165) is 74.3 Å². The molecule has 0 unspecified atom stereocenters. The molecule has 1 aromatic rings. The lowest BCUT2D eigenvalue weighted by molar-refractivity contribution is -0.132. The zero-order chi connectivity index (χ0) is 36.1. The second kappa shape index (κ2) is 29.7. The number of methoxy groups -OCH3 is 1. The molecule has 1 amide bonds. The lowest BCUT2D eigenvalue weighted by atomic mass is 9.95. The molecule has 0 saturated carbocycles. The van der Waals surface area contributed by atoms with Crippen molar-refractivity contribution >= 4 is 30.2 Å². The molecule has 0 spiro atoms. The van der Waals surface area contributed by atoms with Gasteiger partial charge in [0, 0.05) is 51.3 Å². The molecule has 0 bridgehead atoms. The van der Waals surface area contributed by atoms with Crippen LogP contribution in [0.2, 0.25) is 0 Å². The Labute approximate surface area is 279 Å². The maximum Gasteiger partial charge on any atom is 0.331 e. The maximum absolute atomic E-state index is 11.7. The van der Waals surface area contributed by atoms with Crippen LogP contribution in [0.3, 0.4) is 0 Å². The Morgan fingerprint density at radius 1 is 1.13 bits per heavy atom. The van der Waals surface area contributed by atoms with Gasteiger partial charge in [0.25, 0.3) is 0 Å². The summed E-state index contributed by atoms with van der Waals surface area (Å²) >= 11 is 0. The summed E-state index contributed by atoms with van der Waals surface area (Å²) in [5.41, 5.74) is 5.08. The van der Waals surface area contributed by atoms with Crippen LogP contribution >= 0.6 is 0 Å². The van der Waals surface area contributed by atoms with Crippen molar-refractivity contribution in [2.75, 3.05) is 41.0 Å². The lowest BCUT2D eigenvalue weighted by Crippen LogP contribution is -2.37. The number of rotatable bonds is 12. The van der Waals surface area contributed by atoms with Gasteiger partial charge in [-0.05, 0) is 91.6 Å². The van der Waals surface area contributed by atoms with E-state index in [9.17, 15) is 9.59 Å². The Balaban J connectivity index is -0.00000165. The molecule has 0 aliphatic carbocycles. The SMILES string of the molecule is C#CC.C=Cc1c(CN2CCC(CN(C=O)/C(C)=C/C=C(\C)C(=O)O)CC2)nn(C(/C=C\C)=C/C)c1/C=C\C.CC.CO.COC.